The summed E-state index contributed by atoms with van der Waals surface area (Å²) in [6.45, 7) is 5.18. The second-order valence-electron chi connectivity index (χ2n) is 6.87. The van der Waals surface area contributed by atoms with Crippen LogP contribution in [0.3, 0.4) is 0 Å². The van der Waals surface area contributed by atoms with Crippen LogP contribution in [0.15, 0.2) is 83.9 Å². The van der Waals surface area contributed by atoms with E-state index in [4.69, 9.17) is 0 Å². The van der Waals surface area contributed by atoms with Crippen LogP contribution in [0.4, 0.5) is 29.2 Å². The van der Waals surface area contributed by atoms with Crippen LogP contribution < -0.4 is 10.6 Å². The molecular weight excluding hydrogens is 450 g/mol. The van der Waals surface area contributed by atoms with Gasteiger partial charge in [-0.25, -0.2) is 14.4 Å². The monoisotopic (exact) mass is 469 g/mol. The van der Waals surface area contributed by atoms with E-state index in [0.29, 0.717) is 23.0 Å². The van der Waals surface area contributed by atoms with E-state index in [9.17, 15) is 22.4 Å². The van der Waals surface area contributed by atoms with E-state index in [1.165, 1.54) is 36.7 Å². The highest BCUT2D eigenvalue weighted by Crippen LogP contribution is 2.29. The van der Waals surface area contributed by atoms with Crippen LogP contribution in [0.2, 0.25) is 0 Å². The van der Waals surface area contributed by atoms with E-state index in [2.05, 4.69) is 32.3 Å². The maximum atomic E-state index is 13.3. The third kappa shape index (κ3) is 6.12. The minimum Gasteiger partial charge on any atom is -0.325 e. The van der Waals surface area contributed by atoms with Crippen LogP contribution in [-0.2, 0) is 6.18 Å². The number of rotatable bonds is 7. The van der Waals surface area contributed by atoms with Crippen LogP contribution in [0.1, 0.15) is 28.4 Å². The van der Waals surface area contributed by atoms with Crippen molar-refractivity contribution in [2.45, 2.75) is 13.1 Å². The molecule has 0 unspecified atom stereocenters. The number of anilines is 2. The molecule has 0 atom stereocenters. The number of nitrogens with zero attached hydrogens (tertiary/aromatic N) is 3. The molecule has 0 aliphatic carbocycles. The number of aromatic nitrogens is 2. The summed E-state index contributed by atoms with van der Waals surface area (Å²) in [4.78, 5) is 24.4. The number of allylic oxidation sites excluding steroid dienone is 2. The van der Waals surface area contributed by atoms with Gasteiger partial charge in [-0.3, -0.25) is 9.79 Å². The number of hydrogen-bond acceptors (Lipinski definition) is 5. The zero-order valence-electron chi connectivity index (χ0n) is 17.9. The number of amides is 1. The fourth-order valence-corrected chi connectivity index (χ4v) is 2.97. The molecule has 2 aromatic heterocycles. The van der Waals surface area contributed by atoms with E-state index >= 15 is 0 Å². The maximum absolute atomic E-state index is 13.3. The second-order valence-corrected chi connectivity index (χ2v) is 6.87. The fraction of sp³-hybridized carbons (Fsp3) is 0.0833. The minimum absolute atomic E-state index is 0.127. The molecule has 0 aliphatic heterocycles. The standard InChI is InChI=1S/C24H19F4N5O/c1-3-19(15-4-7-18(25)8-5-15)20(14-29-2)32-23(34)16-10-11-30-22(12-16)33-21-9-6-17(13-31-21)24(26,27)28/h3-14H,2H2,1H3,(H,32,34)(H,30,31,33)/b19-3-,20-14+. The number of nitrogens with one attached hydrogen (secondary N) is 2. The molecule has 0 bridgehead atoms. The van der Waals surface area contributed by atoms with Crippen molar-refractivity contribution in [3.63, 3.8) is 0 Å². The Hall–Kier alpha value is -4.34. The molecule has 0 aliphatic rings. The summed E-state index contributed by atoms with van der Waals surface area (Å²) in [5.41, 5.74) is 0.931. The highest BCUT2D eigenvalue weighted by molar-refractivity contribution is 5.98. The number of hydrogen-bond donors (Lipinski definition) is 2. The number of pyridine rings is 2. The van der Waals surface area contributed by atoms with E-state index in [1.807, 2.05) is 0 Å². The van der Waals surface area contributed by atoms with Gasteiger partial charge in [0.2, 0.25) is 0 Å². The van der Waals surface area contributed by atoms with Crippen molar-refractivity contribution in [3.05, 3.63) is 101 Å². The summed E-state index contributed by atoms with van der Waals surface area (Å²) >= 11 is 0. The first kappa shape index (κ1) is 24.3. The van der Waals surface area contributed by atoms with E-state index in [1.54, 1.807) is 25.1 Å². The van der Waals surface area contributed by atoms with E-state index in [0.717, 1.165) is 12.1 Å². The van der Waals surface area contributed by atoms with Crippen molar-refractivity contribution in [2.75, 3.05) is 5.32 Å². The predicted molar refractivity (Wildman–Crippen MR) is 122 cm³/mol. The Bertz CT molecular complexity index is 1230. The summed E-state index contributed by atoms with van der Waals surface area (Å²) < 4.78 is 51.4. The zero-order valence-corrected chi connectivity index (χ0v) is 17.9. The Balaban J connectivity index is 1.78. The van der Waals surface area contributed by atoms with Crippen molar-refractivity contribution < 1.29 is 22.4 Å². The summed E-state index contributed by atoms with van der Waals surface area (Å²) in [5, 5.41) is 5.51. The SMILES string of the molecule is C=N/C=C(NC(=O)c1ccnc(Nc2ccc(C(F)(F)F)cn2)c1)\C(=C/C)c1ccc(F)cc1. The Morgan fingerprint density at radius 2 is 1.76 bits per heavy atom. The highest BCUT2D eigenvalue weighted by atomic mass is 19.4. The molecule has 1 aromatic carbocycles. The van der Waals surface area contributed by atoms with Crippen molar-refractivity contribution in [1.82, 2.24) is 15.3 Å². The lowest BCUT2D eigenvalue weighted by atomic mass is 10.0. The molecule has 0 saturated heterocycles. The normalized spacial score (nSPS) is 12.3. The van der Waals surface area contributed by atoms with Gasteiger partial charge < -0.3 is 10.6 Å². The van der Waals surface area contributed by atoms with Crippen molar-refractivity contribution >= 4 is 29.8 Å². The van der Waals surface area contributed by atoms with Crippen molar-refractivity contribution in [1.29, 1.82) is 0 Å². The van der Waals surface area contributed by atoms with Gasteiger partial charge in [0, 0.05) is 23.5 Å². The number of halogens is 4. The quantitative estimate of drug-likeness (QED) is 0.262. The fourth-order valence-electron chi connectivity index (χ4n) is 2.97. The lowest BCUT2D eigenvalue weighted by Crippen LogP contribution is -2.23. The van der Waals surface area contributed by atoms with Gasteiger partial charge in [0.1, 0.15) is 17.5 Å². The molecule has 0 fully saturated rings. The Morgan fingerprint density at radius 3 is 2.35 bits per heavy atom. The Morgan fingerprint density at radius 1 is 1.03 bits per heavy atom. The molecular formula is C24H19F4N5O. The van der Waals surface area contributed by atoms with Crippen LogP contribution in [0, 0.1) is 5.82 Å². The van der Waals surface area contributed by atoms with Gasteiger partial charge in [0.05, 0.1) is 17.5 Å². The smallest absolute Gasteiger partial charge is 0.325 e. The molecule has 3 rings (SSSR count). The van der Waals surface area contributed by atoms with Crippen LogP contribution in [0.25, 0.3) is 5.57 Å². The summed E-state index contributed by atoms with van der Waals surface area (Å²) in [6.07, 6.45) is 0.676. The van der Waals surface area contributed by atoms with Gasteiger partial charge >= 0.3 is 6.18 Å². The van der Waals surface area contributed by atoms with E-state index in [-0.39, 0.29) is 17.2 Å². The first-order valence-electron chi connectivity index (χ1n) is 9.87. The van der Waals surface area contributed by atoms with Crippen LogP contribution >= 0.6 is 0 Å². The number of alkyl halides is 3. The average molecular weight is 469 g/mol. The Kier molecular flexibility index (Phi) is 7.52. The van der Waals surface area contributed by atoms with Gasteiger partial charge in [-0.05, 0) is 55.6 Å². The highest BCUT2D eigenvalue weighted by Gasteiger charge is 2.30. The molecule has 0 radical (unpaired) electrons. The topological polar surface area (TPSA) is 79.3 Å². The predicted octanol–water partition coefficient (Wildman–Crippen LogP) is 5.75. The summed E-state index contributed by atoms with van der Waals surface area (Å²) in [6, 6.07) is 10.7. The molecule has 6 nitrogen and oxygen atoms in total. The largest absolute Gasteiger partial charge is 0.417 e. The van der Waals surface area contributed by atoms with Crippen molar-refractivity contribution in [2.24, 2.45) is 4.99 Å². The van der Waals surface area contributed by atoms with E-state index < -0.39 is 23.5 Å². The lowest BCUT2D eigenvalue weighted by molar-refractivity contribution is -0.137. The van der Waals surface area contributed by atoms with Gasteiger partial charge in [0.25, 0.3) is 5.91 Å². The molecule has 174 valence electrons. The number of carbonyl (C=O) groups is 1. The molecule has 34 heavy (non-hydrogen) atoms. The van der Waals surface area contributed by atoms with Gasteiger partial charge in [-0.15, -0.1) is 0 Å². The number of benzene rings is 1. The second kappa shape index (κ2) is 10.5. The molecule has 10 heteroatoms. The molecule has 0 spiro atoms. The lowest BCUT2D eigenvalue weighted by Gasteiger charge is -2.14. The summed E-state index contributed by atoms with van der Waals surface area (Å²) in [7, 11) is 0. The van der Waals surface area contributed by atoms with Crippen molar-refractivity contribution in [3.8, 4) is 0 Å². The third-order valence-electron chi connectivity index (χ3n) is 4.57. The first-order valence-corrected chi connectivity index (χ1v) is 9.87. The summed E-state index contributed by atoms with van der Waals surface area (Å²) in [5.74, 6) is -0.559. The average Bonchev–Trinajstić information content (AvgIpc) is 2.81. The third-order valence-corrected chi connectivity index (χ3v) is 4.57. The zero-order chi connectivity index (χ0) is 24.7. The maximum Gasteiger partial charge on any atom is 0.417 e. The Labute approximate surface area is 192 Å². The number of carbonyl (C=O) groups excluding carboxylic acids is 1. The molecule has 3 aromatic rings. The number of aliphatic imine (C=N–C) groups is 1. The van der Waals surface area contributed by atoms with Gasteiger partial charge in [0.15, 0.2) is 0 Å². The van der Waals surface area contributed by atoms with Crippen LogP contribution in [-0.4, -0.2) is 22.6 Å². The minimum atomic E-state index is -4.49. The van der Waals surface area contributed by atoms with Crippen LogP contribution in [0.5, 0.6) is 0 Å². The first-order chi connectivity index (χ1) is 16.2. The van der Waals surface area contributed by atoms with Gasteiger partial charge in [-0.2, -0.15) is 13.2 Å². The molecule has 2 heterocycles. The molecule has 0 saturated carbocycles. The molecule has 2 N–H and O–H groups in total. The molecule has 1 amide bonds. The van der Waals surface area contributed by atoms with Gasteiger partial charge in [-0.1, -0.05) is 18.2 Å².